The van der Waals surface area contributed by atoms with E-state index >= 15 is 0 Å². The molecule has 1 aromatic carbocycles. The largest absolute Gasteiger partial charge is 0.436 e. The molecule has 118 valence electrons. The number of hydrogen-bond acceptors (Lipinski definition) is 6. The summed E-state index contributed by atoms with van der Waals surface area (Å²) in [5.74, 6) is -0.920. The number of benzene rings is 1. The van der Waals surface area contributed by atoms with E-state index in [2.05, 4.69) is 0 Å². The first-order valence-electron chi connectivity index (χ1n) is 7.36. The molecule has 1 aromatic rings. The summed E-state index contributed by atoms with van der Waals surface area (Å²) >= 11 is 0. The average Bonchev–Trinajstić information content (AvgIpc) is 2.45. The molecule has 6 heteroatoms. The second-order valence-electron chi connectivity index (χ2n) is 5.83. The molecule has 2 N–H and O–H groups in total. The number of ether oxygens (including phenoxy) is 2. The van der Waals surface area contributed by atoms with Crippen LogP contribution < -0.4 is 0 Å². The van der Waals surface area contributed by atoms with E-state index in [-0.39, 0.29) is 24.7 Å². The lowest BCUT2D eigenvalue weighted by Crippen LogP contribution is -2.28. The van der Waals surface area contributed by atoms with Gasteiger partial charge in [-0.2, -0.15) is 0 Å². The summed E-state index contributed by atoms with van der Waals surface area (Å²) in [4.78, 5) is 22.8. The number of esters is 2. The van der Waals surface area contributed by atoms with Crippen LogP contribution in [0.4, 0.5) is 0 Å². The summed E-state index contributed by atoms with van der Waals surface area (Å²) in [6.07, 6.45) is -0.808. The van der Waals surface area contributed by atoms with Gasteiger partial charge in [0.05, 0.1) is 12.8 Å². The third-order valence-electron chi connectivity index (χ3n) is 4.21. The Morgan fingerprint density at radius 3 is 1.45 bits per heavy atom. The van der Waals surface area contributed by atoms with Crippen LogP contribution in [0.15, 0.2) is 24.3 Å². The molecular formula is C16H18O6. The zero-order chi connectivity index (χ0) is 15.7. The first-order valence-corrected chi connectivity index (χ1v) is 7.36. The maximum absolute atomic E-state index is 11.4. The first-order chi connectivity index (χ1) is 10.5. The van der Waals surface area contributed by atoms with Gasteiger partial charge in [-0.25, -0.2) is 0 Å². The van der Waals surface area contributed by atoms with Crippen LogP contribution in [0.3, 0.4) is 0 Å². The lowest BCUT2D eigenvalue weighted by Gasteiger charge is -2.27. The zero-order valence-electron chi connectivity index (χ0n) is 12.0. The fourth-order valence-corrected chi connectivity index (χ4v) is 3.10. The van der Waals surface area contributed by atoms with Crippen molar-refractivity contribution in [3.8, 4) is 0 Å². The van der Waals surface area contributed by atoms with Crippen molar-refractivity contribution in [1.29, 1.82) is 0 Å². The molecule has 4 unspecified atom stereocenters. The van der Waals surface area contributed by atoms with E-state index in [9.17, 15) is 19.8 Å². The van der Waals surface area contributed by atoms with E-state index in [1.165, 1.54) is 0 Å². The summed E-state index contributed by atoms with van der Waals surface area (Å²) in [7, 11) is 0. The first kappa shape index (κ1) is 15.0. The van der Waals surface area contributed by atoms with Gasteiger partial charge in [0.25, 0.3) is 0 Å². The zero-order valence-corrected chi connectivity index (χ0v) is 12.0. The number of carbonyl (C=O) groups excluding carboxylic acids is 2. The molecule has 0 amide bonds. The second kappa shape index (κ2) is 6.06. The van der Waals surface area contributed by atoms with E-state index in [1.54, 1.807) is 0 Å². The SMILES string of the molecule is O=C1CC(c2ccc(C3CC(=O)OC(O)C3)cc2)CC(O)O1. The van der Waals surface area contributed by atoms with E-state index in [1.807, 2.05) is 24.3 Å². The van der Waals surface area contributed by atoms with Crippen molar-refractivity contribution in [1.82, 2.24) is 0 Å². The van der Waals surface area contributed by atoms with E-state index in [0.717, 1.165) is 11.1 Å². The van der Waals surface area contributed by atoms with Crippen LogP contribution in [-0.4, -0.2) is 34.7 Å². The Morgan fingerprint density at radius 1 is 0.773 bits per heavy atom. The minimum absolute atomic E-state index is 0.0628. The number of cyclic esters (lactones) is 2. The molecule has 2 heterocycles. The highest BCUT2D eigenvalue weighted by Crippen LogP contribution is 2.33. The summed E-state index contributed by atoms with van der Waals surface area (Å²) in [5.41, 5.74) is 1.91. The van der Waals surface area contributed by atoms with Crippen molar-refractivity contribution < 1.29 is 29.3 Å². The number of aliphatic hydroxyl groups excluding tert-OH is 2. The predicted molar refractivity (Wildman–Crippen MR) is 74.6 cm³/mol. The van der Waals surface area contributed by atoms with Crippen molar-refractivity contribution in [3.05, 3.63) is 35.4 Å². The molecule has 0 aliphatic carbocycles. The maximum Gasteiger partial charge on any atom is 0.308 e. The number of hydrogen-bond donors (Lipinski definition) is 2. The Balaban J connectivity index is 1.72. The predicted octanol–water partition coefficient (Wildman–Crippen LogP) is 1.16. The molecule has 22 heavy (non-hydrogen) atoms. The molecule has 2 saturated heterocycles. The average molecular weight is 306 g/mol. The highest BCUT2D eigenvalue weighted by molar-refractivity contribution is 5.72. The minimum atomic E-state index is -1.05. The molecule has 0 saturated carbocycles. The molecule has 0 bridgehead atoms. The number of aliphatic hydroxyl groups is 2. The summed E-state index contributed by atoms with van der Waals surface area (Å²) in [6, 6.07) is 7.60. The van der Waals surface area contributed by atoms with Gasteiger partial charge in [-0.05, 0) is 11.1 Å². The van der Waals surface area contributed by atoms with Gasteiger partial charge in [-0.3, -0.25) is 9.59 Å². The summed E-state index contributed by atoms with van der Waals surface area (Å²) in [6.45, 7) is 0. The van der Waals surface area contributed by atoms with Crippen molar-refractivity contribution in [3.63, 3.8) is 0 Å². The van der Waals surface area contributed by atoms with Gasteiger partial charge in [-0.15, -0.1) is 0 Å². The van der Waals surface area contributed by atoms with Crippen LogP contribution in [0.2, 0.25) is 0 Å². The van der Waals surface area contributed by atoms with Crippen molar-refractivity contribution in [2.75, 3.05) is 0 Å². The molecule has 0 spiro atoms. The Labute approximate surface area is 127 Å². The Bertz CT molecular complexity index is 516. The summed E-state index contributed by atoms with van der Waals surface area (Å²) in [5, 5.41) is 19.0. The van der Waals surface area contributed by atoms with Crippen LogP contribution >= 0.6 is 0 Å². The highest BCUT2D eigenvalue weighted by atomic mass is 16.6. The molecule has 3 rings (SSSR count). The lowest BCUT2D eigenvalue weighted by molar-refractivity contribution is -0.179. The van der Waals surface area contributed by atoms with Crippen LogP contribution in [0.25, 0.3) is 0 Å². The van der Waals surface area contributed by atoms with Gasteiger partial charge in [0.2, 0.25) is 12.6 Å². The molecular weight excluding hydrogens is 288 g/mol. The van der Waals surface area contributed by atoms with Gasteiger partial charge in [-0.1, -0.05) is 24.3 Å². The fourth-order valence-electron chi connectivity index (χ4n) is 3.10. The van der Waals surface area contributed by atoms with Crippen LogP contribution in [0, 0.1) is 0 Å². The minimum Gasteiger partial charge on any atom is -0.436 e. The van der Waals surface area contributed by atoms with Gasteiger partial charge >= 0.3 is 11.9 Å². The lowest BCUT2D eigenvalue weighted by atomic mass is 9.86. The van der Waals surface area contributed by atoms with Crippen LogP contribution in [0.5, 0.6) is 0 Å². The molecule has 2 aliphatic heterocycles. The van der Waals surface area contributed by atoms with Crippen LogP contribution in [0.1, 0.15) is 48.6 Å². The highest BCUT2D eigenvalue weighted by Gasteiger charge is 2.30. The van der Waals surface area contributed by atoms with Gasteiger partial charge < -0.3 is 19.7 Å². The normalized spacial score (nSPS) is 32.3. The monoisotopic (exact) mass is 306 g/mol. The Kier molecular flexibility index (Phi) is 4.13. The fraction of sp³-hybridized carbons (Fsp3) is 0.500. The standard InChI is InChI=1S/C16H18O6/c17-13-5-11(6-14(18)21-13)9-1-2-10(4-3-9)12-7-15(19)22-16(20)8-12/h1-4,11-13,15,17,19H,5-8H2. The molecule has 6 nitrogen and oxygen atoms in total. The third kappa shape index (κ3) is 3.28. The van der Waals surface area contributed by atoms with Gasteiger partial charge in [0.1, 0.15) is 0 Å². The van der Waals surface area contributed by atoms with E-state index in [4.69, 9.17) is 9.47 Å². The number of carbonyl (C=O) groups is 2. The van der Waals surface area contributed by atoms with Gasteiger partial charge in [0.15, 0.2) is 0 Å². The maximum atomic E-state index is 11.4. The smallest absolute Gasteiger partial charge is 0.308 e. The second-order valence-corrected chi connectivity index (χ2v) is 5.83. The quantitative estimate of drug-likeness (QED) is 0.797. The van der Waals surface area contributed by atoms with Crippen molar-refractivity contribution >= 4 is 11.9 Å². The molecule has 2 aliphatic rings. The van der Waals surface area contributed by atoms with E-state index < -0.39 is 24.5 Å². The molecule has 4 atom stereocenters. The van der Waals surface area contributed by atoms with Crippen molar-refractivity contribution in [2.45, 2.75) is 50.1 Å². The van der Waals surface area contributed by atoms with E-state index in [0.29, 0.717) is 12.8 Å². The topological polar surface area (TPSA) is 93.1 Å². The number of rotatable bonds is 2. The van der Waals surface area contributed by atoms with Crippen molar-refractivity contribution in [2.24, 2.45) is 0 Å². The Hall–Kier alpha value is -1.92. The van der Waals surface area contributed by atoms with Gasteiger partial charge in [0, 0.05) is 24.7 Å². The Morgan fingerprint density at radius 2 is 1.14 bits per heavy atom. The molecule has 2 fully saturated rings. The molecule has 0 radical (unpaired) electrons. The third-order valence-corrected chi connectivity index (χ3v) is 4.21. The van der Waals surface area contributed by atoms with Crippen LogP contribution in [-0.2, 0) is 19.1 Å². The molecule has 0 aromatic heterocycles. The summed E-state index contributed by atoms with van der Waals surface area (Å²) < 4.78 is 9.44.